The SMILES string of the molecule is O=C(CCc1nc2sc3c(c2c(=O)[nH]1)CCCC3)OCc1cc([N+](=O)[O-])cc2c1OCOC2. The second-order valence-corrected chi connectivity index (χ2v) is 9.11. The number of rotatable bonds is 6. The number of benzene rings is 1. The van der Waals surface area contributed by atoms with Gasteiger partial charge in [-0.3, -0.25) is 19.7 Å². The molecule has 2 aromatic heterocycles. The highest BCUT2D eigenvalue weighted by atomic mass is 32.1. The third kappa shape index (κ3) is 4.33. The summed E-state index contributed by atoms with van der Waals surface area (Å²) >= 11 is 1.56. The molecule has 3 aromatic rings. The molecule has 33 heavy (non-hydrogen) atoms. The number of aromatic amines is 1. The number of hydrogen-bond acceptors (Lipinski definition) is 9. The van der Waals surface area contributed by atoms with Gasteiger partial charge in [-0.2, -0.15) is 0 Å². The Balaban J connectivity index is 1.26. The van der Waals surface area contributed by atoms with Crippen molar-refractivity contribution in [1.29, 1.82) is 0 Å². The molecule has 0 bridgehead atoms. The van der Waals surface area contributed by atoms with Gasteiger partial charge < -0.3 is 19.2 Å². The van der Waals surface area contributed by atoms with E-state index in [9.17, 15) is 19.7 Å². The van der Waals surface area contributed by atoms with Crippen molar-refractivity contribution < 1.29 is 23.9 Å². The lowest BCUT2D eigenvalue weighted by molar-refractivity contribution is -0.385. The van der Waals surface area contributed by atoms with E-state index in [1.165, 1.54) is 17.0 Å². The third-order valence-corrected chi connectivity index (χ3v) is 7.00. The molecule has 0 saturated heterocycles. The lowest BCUT2D eigenvalue weighted by atomic mass is 9.97. The van der Waals surface area contributed by atoms with E-state index < -0.39 is 10.9 Å². The number of non-ortho nitro benzene ring substituents is 1. The number of aromatic nitrogens is 2. The van der Waals surface area contributed by atoms with Gasteiger partial charge in [-0.15, -0.1) is 11.3 Å². The van der Waals surface area contributed by atoms with Crippen molar-refractivity contribution in [3.63, 3.8) is 0 Å². The summed E-state index contributed by atoms with van der Waals surface area (Å²) in [5.74, 6) is 0.379. The van der Waals surface area contributed by atoms with Crippen molar-refractivity contribution in [2.24, 2.45) is 0 Å². The van der Waals surface area contributed by atoms with Crippen LogP contribution in [-0.2, 0) is 46.7 Å². The zero-order chi connectivity index (χ0) is 22.9. The molecule has 1 N–H and O–H groups in total. The van der Waals surface area contributed by atoms with Gasteiger partial charge in [-0.25, -0.2) is 4.98 Å². The number of fused-ring (bicyclic) bond motifs is 4. The van der Waals surface area contributed by atoms with Gasteiger partial charge in [0.15, 0.2) is 6.79 Å². The number of thiophene rings is 1. The second-order valence-electron chi connectivity index (χ2n) is 8.03. The van der Waals surface area contributed by atoms with Crippen molar-refractivity contribution in [3.8, 4) is 5.75 Å². The van der Waals surface area contributed by atoms with Gasteiger partial charge in [0.05, 0.1) is 23.3 Å². The van der Waals surface area contributed by atoms with E-state index in [4.69, 9.17) is 14.2 Å². The molecule has 0 saturated carbocycles. The summed E-state index contributed by atoms with van der Waals surface area (Å²) in [6, 6.07) is 2.73. The predicted octanol–water partition coefficient (Wildman–Crippen LogP) is 3.31. The first-order valence-corrected chi connectivity index (χ1v) is 11.5. The van der Waals surface area contributed by atoms with Gasteiger partial charge in [0.25, 0.3) is 11.2 Å². The lowest BCUT2D eigenvalue weighted by Gasteiger charge is -2.20. The molecular formula is C22H21N3O7S. The Bertz CT molecular complexity index is 1310. The van der Waals surface area contributed by atoms with Crippen LogP contribution in [0, 0.1) is 10.1 Å². The van der Waals surface area contributed by atoms with Crippen LogP contribution in [0.4, 0.5) is 5.69 Å². The Morgan fingerprint density at radius 1 is 1.30 bits per heavy atom. The summed E-state index contributed by atoms with van der Waals surface area (Å²) in [5, 5.41) is 11.9. The Kier molecular flexibility index (Phi) is 5.81. The van der Waals surface area contributed by atoms with E-state index in [-0.39, 0.29) is 44.1 Å². The molecule has 1 aromatic carbocycles. The lowest BCUT2D eigenvalue weighted by Crippen LogP contribution is -2.16. The summed E-state index contributed by atoms with van der Waals surface area (Å²) in [4.78, 5) is 45.0. The van der Waals surface area contributed by atoms with Crippen LogP contribution in [0.25, 0.3) is 10.2 Å². The Labute approximate surface area is 191 Å². The van der Waals surface area contributed by atoms with E-state index in [2.05, 4.69) is 9.97 Å². The number of esters is 1. The van der Waals surface area contributed by atoms with Gasteiger partial charge in [-0.1, -0.05) is 0 Å². The number of hydrogen-bond donors (Lipinski definition) is 1. The third-order valence-electron chi connectivity index (χ3n) is 5.81. The van der Waals surface area contributed by atoms with E-state index in [1.54, 1.807) is 11.3 Å². The molecule has 1 aliphatic carbocycles. The van der Waals surface area contributed by atoms with Gasteiger partial charge in [-0.05, 0) is 31.2 Å². The Hall–Kier alpha value is -3.31. The molecule has 3 heterocycles. The molecule has 0 unspecified atom stereocenters. The Morgan fingerprint density at radius 2 is 2.15 bits per heavy atom. The number of aryl methyl sites for hydroxylation is 3. The van der Waals surface area contributed by atoms with Crippen LogP contribution in [0.1, 0.15) is 46.7 Å². The maximum absolute atomic E-state index is 12.6. The van der Waals surface area contributed by atoms with Gasteiger partial charge >= 0.3 is 5.97 Å². The van der Waals surface area contributed by atoms with Crippen molar-refractivity contribution in [2.75, 3.05) is 6.79 Å². The number of H-pyrrole nitrogens is 1. The minimum Gasteiger partial charge on any atom is -0.467 e. The largest absolute Gasteiger partial charge is 0.467 e. The number of nitro benzene ring substituents is 1. The van der Waals surface area contributed by atoms with Gasteiger partial charge in [0, 0.05) is 34.6 Å². The zero-order valence-electron chi connectivity index (χ0n) is 17.7. The number of carbonyl (C=O) groups excluding carboxylic acids is 1. The molecule has 0 radical (unpaired) electrons. The molecule has 10 nitrogen and oxygen atoms in total. The molecule has 5 rings (SSSR count). The average Bonchev–Trinajstić information content (AvgIpc) is 3.20. The van der Waals surface area contributed by atoms with Crippen LogP contribution in [0.5, 0.6) is 5.75 Å². The highest BCUT2D eigenvalue weighted by molar-refractivity contribution is 7.18. The molecule has 1 aliphatic heterocycles. The monoisotopic (exact) mass is 471 g/mol. The summed E-state index contributed by atoms with van der Waals surface area (Å²) in [7, 11) is 0. The number of nitrogens with zero attached hydrogens (tertiary/aromatic N) is 2. The summed E-state index contributed by atoms with van der Waals surface area (Å²) < 4.78 is 16.0. The number of carbonyl (C=O) groups is 1. The van der Waals surface area contributed by atoms with E-state index in [0.717, 1.165) is 36.1 Å². The normalized spacial score (nSPS) is 14.9. The average molecular weight is 471 g/mol. The summed E-state index contributed by atoms with van der Waals surface area (Å²) in [6.07, 6.45) is 4.34. The van der Waals surface area contributed by atoms with E-state index >= 15 is 0 Å². The summed E-state index contributed by atoms with van der Waals surface area (Å²) in [6.45, 7) is 0.0501. The van der Waals surface area contributed by atoms with Crippen LogP contribution in [0.15, 0.2) is 16.9 Å². The molecular weight excluding hydrogens is 450 g/mol. The fourth-order valence-corrected chi connectivity index (χ4v) is 5.55. The Morgan fingerprint density at radius 3 is 3.00 bits per heavy atom. The maximum Gasteiger partial charge on any atom is 0.306 e. The molecule has 172 valence electrons. The first kappa shape index (κ1) is 21.5. The van der Waals surface area contributed by atoms with E-state index in [1.807, 2.05) is 0 Å². The zero-order valence-corrected chi connectivity index (χ0v) is 18.5. The molecule has 0 amide bonds. The van der Waals surface area contributed by atoms with Crippen molar-refractivity contribution in [2.45, 2.75) is 51.7 Å². The highest BCUT2D eigenvalue weighted by Crippen LogP contribution is 2.34. The minimum absolute atomic E-state index is 0.0145. The second kappa shape index (κ2) is 8.91. The van der Waals surface area contributed by atoms with Crippen LogP contribution >= 0.6 is 11.3 Å². The van der Waals surface area contributed by atoms with Gasteiger partial charge in [0.2, 0.25) is 0 Å². The van der Waals surface area contributed by atoms with E-state index in [0.29, 0.717) is 28.1 Å². The standard InChI is InChI=1S/C22H21N3O7S/c26-18(31-10-13-8-14(25(28)29)7-12-9-30-11-32-20(12)13)6-5-17-23-21(27)19-15-3-1-2-4-16(15)33-22(19)24-17/h7-8H,1-6,9-11H2,(H,23,24,27). The fourth-order valence-electron chi connectivity index (χ4n) is 4.27. The maximum atomic E-state index is 12.6. The van der Waals surface area contributed by atoms with Crippen LogP contribution < -0.4 is 10.3 Å². The van der Waals surface area contributed by atoms with Crippen LogP contribution in [0.3, 0.4) is 0 Å². The van der Waals surface area contributed by atoms with Crippen molar-refractivity contribution in [3.05, 3.63) is 60.0 Å². The smallest absolute Gasteiger partial charge is 0.306 e. The quantitative estimate of drug-likeness (QED) is 0.329. The summed E-state index contributed by atoms with van der Waals surface area (Å²) in [5.41, 5.74) is 1.78. The van der Waals surface area contributed by atoms with Crippen molar-refractivity contribution >= 4 is 33.2 Å². The first-order chi connectivity index (χ1) is 16.0. The highest BCUT2D eigenvalue weighted by Gasteiger charge is 2.22. The molecule has 11 heteroatoms. The molecule has 0 fully saturated rings. The number of nitro groups is 1. The van der Waals surface area contributed by atoms with Crippen molar-refractivity contribution in [1.82, 2.24) is 9.97 Å². The van der Waals surface area contributed by atoms with Crippen LogP contribution in [-0.4, -0.2) is 27.7 Å². The molecule has 0 spiro atoms. The molecule has 0 atom stereocenters. The predicted molar refractivity (Wildman–Crippen MR) is 118 cm³/mol. The minimum atomic E-state index is -0.513. The molecule has 2 aliphatic rings. The topological polar surface area (TPSA) is 134 Å². The van der Waals surface area contributed by atoms with Crippen LogP contribution in [0.2, 0.25) is 0 Å². The van der Waals surface area contributed by atoms with Gasteiger partial charge in [0.1, 0.15) is 23.0 Å². The number of ether oxygens (including phenoxy) is 3. The first-order valence-electron chi connectivity index (χ1n) is 10.7. The number of nitrogens with one attached hydrogen (secondary N) is 1. The fraction of sp³-hybridized carbons (Fsp3) is 0.409.